The Hall–Kier alpha value is -0.0800. The van der Waals surface area contributed by atoms with Gasteiger partial charge in [0.1, 0.15) is 0 Å². The summed E-state index contributed by atoms with van der Waals surface area (Å²) in [7, 11) is 0. The van der Waals surface area contributed by atoms with Gasteiger partial charge in [-0.3, -0.25) is 4.90 Å². The number of hydrogen-bond donors (Lipinski definition) is 1. The van der Waals surface area contributed by atoms with Gasteiger partial charge < -0.3 is 5.32 Å². The summed E-state index contributed by atoms with van der Waals surface area (Å²) in [6.07, 6.45) is 3.91. The number of hydrogen-bond acceptors (Lipinski definition) is 2. The molecule has 0 saturated carbocycles. The molecule has 0 aromatic rings. The van der Waals surface area contributed by atoms with Gasteiger partial charge in [0, 0.05) is 24.7 Å². The van der Waals surface area contributed by atoms with Gasteiger partial charge in [0.25, 0.3) is 0 Å². The highest BCUT2D eigenvalue weighted by molar-refractivity contribution is 4.84. The molecule has 1 unspecified atom stereocenters. The van der Waals surface area contributed by atoms with Crippen LogP contribution in [0.25, 0.3) is 0 Å². The second-order valence-electron chi connectivity index (χ2n) is 6.35. The Morgan fingerprint density at radius 3 is 2.25 bits per heavy atom. The lowest BCUT2D eigenvalue weighted by Gasteiger charge is -2.41. The zero-order chi connectivity index (χ0) is 12.2. The highest BCUT2D eigenvalue weighted by Gasteiger charge is 2.26. The minimum Gasteiger partial charge on any atom is -0.314 e. The molecule has 1 atom stereocenters. The van der Waals surface area contributed by atoms with Crippen molar-refractivity contribution in [3.63, 3.8) is 0 Å². The van der Waals surface area contributed by atoms with Crippen LogP contribution in [0.3, 0.4) is 0 Å². The first-order chi connectivity index (χ1) is 7.43. The third kappa shape index (κ3) is 4.42. The highest BCUT2D eigenvalue weighted by atomic mass is 15.2. The van der Waals surface area contributed by atoms with Gasteiger partial charge in [-0.1, -0.05) is 20.3 Å². The molecule has 2 heteroatoms. The third-order valence-electron chi connectivity index (χ3n) is 3.90. The molecule has 1 heterocycles. The van der Waals surface area contributed by atoms with Crippen LogP contribution in [0.1, 0.15) is 53.9 Å². The second kappa shape index (κ2) is 6.02. The predicted molar refractivity (Wildman–Crippen MR) is 71.8 cm³/mol. The monoisotopic (exact) mass is 226 g/mol. The van der Waals surface area contributed by atoms with Crippen molar-refractivity contribution in [2.45, 2.75) is 65.5 Å². The summed E-state index contributed by atoms with van der Waals surface area (Å²) in [5, 5.41) is 3.72. The average Bonchev–Trinajstić information content (AvgIpc) is 2.25. The number of rotatable bonds is 4. The van der Waals surface area contributed by atoms with E-state index in [-0.39, 0.29) is 0 Å². The lowest BCUT2D eigenvalue weighted by Crippen LogP contribution is -2.50. The molecule has 96 valence electrons. The lowest BCUT2D eigenvalue weighted by molar-refractivity contribution is 0.0955. The van der Waals surface area contributed by atoms with E-state index in [1.807, 2.05) is 0 Å². The van der Waals surface area contributed by atoms with Crippen LogP contribution in [-0.2, 0) is 0 Å². The normalized spacial score (nSPS) is 22.3. The van der Waals surface area contributed by atoms with Crippen molar-refractivity contribution in [1.82, 2.24) is 10.2 Å². The molecular formula is C14H30N2. The summed E-state index contributed by atoms with van der Waals surface area (Å²) in [5.41, 5.74) is 0.349. The smallest absolute Gasteiger partial charge is 0.0125 e. The molecule has 1 N–H and O–H groups in total. The average molecular weight is 226 g/mol. The van der Waals surface area contributed by atoms with E-state index < -0.39 is 0 Å². The summed E-state index contributed by atoms with van der Waals surface area (Å²) in [6.45, 7) is 15.3. The molecule has 0 aromatic heterocycles. The summed E-state index contributed by atoms with van der Waals surface area (Å²) in [4.78, 5) is 2.61. The van der Waals surface area contributed by atoms with Crippen LogP contribution in [0.4, 0.5) is 0 Å². The number of piperidine rings is 1. The molecule has 0 spiro atoms. The van der Waals surface area contributed by atoms with Crippen molar-refractivity contribution in [3.05, 3.63) is 0 Å². The number of nitrogens with zero attached hydrogens (tertiary/aromatic N) is 1. The molecule has 1 aliphatic rings. The molecule has 0 aromatic carbocycles. The zero-order valence-corrected chi connectivity index (χ0v) is 11.8. The van der Waals surface area contributed by atoms with Crippen LogP contribution in [0.15, 0.2) is 0 Å². The molecule has 1 saturated heterocycles. The quantitative estimate of drug-likeness (QED) is 0.793. The van der Waals surface area contributed by atoms with Crippen molar-refractivity contribution >= 4 is 0 Å². The Kier molecular flexibility index (Phi) is 5.26. The minimum atomic E-state index is 0.349. The summed E-state index contributed by atoms with van der Waals surface area (Å²) < 4.78 is 0. The molecule has 1 aliphatic heterocycles. The van der Waals surface area contributed by atoms with E-state index in [9.17, 15) is 0 Å². The Labute approximate surface area is 102 Å². The first-order valence-electron chi connectivity index (χ1n) is 6.92. The van der Waals surface area contributed by atoms with E-state index in [0.29, 0.717) is 5.54 Å². The SMILES string of the molecule is CCC(C)CNC1CCN(C(C)(C)C)CC1. The Morgan fingerprint density at radius 2 is 1.81 bits per heavy atom. The Bertz CT molecular complexity index is 187. The zero-order valence-electron chi connectivity index (χ0n) is 11.8. The minimum absolute atomic E-state index is 0.349. The topological polar surface area (TPSA) is 15.3 Å². The molecule has 0 amide bonds. The van der Waals surface area contributed by atoms with Crippen molar-refractivity contribution in [2.75, 3.05) is 19.6 Å². The fourth-order valence-corrected chi connectivity index (χ4v) is 2.27. The maximum atomic E-state index is 3.72. The predicted octanol–water partition coefficient (Wildman–Crippen LogP) is 2.89. The van der Waals surface area contributed by atoms with Gasteiger partial charge in [-0.2, -0.15) is 0 Å². The number of likely N-dealkylation sites (tertiary alicyclic amines) is 1. The van der Waals surface area contributed by atoms with Crippen LogP contribution in [0.5, 0.6) is 0 Å². The molecule has 2 nitrogen and oxygen atoms in total. The molecule has 1 fully saturated rings. The molecule has 16 heavy (non-hydrogen) atoms. The van der Waals surface area contributed by atoms with Gasteiger partial charge in [0.15, 0.2) is 0 Å². The van der Waals surface area contributed by atoms with Gasteiger partial charge in [0.05, 0.1) is 0 Å². The van der Waals surface area contributed by atoms with E-state index >= 15 is 0 Å². The fraction of sp³-hybridized carbons (Fsp3) is 1.00. The molecular weight excluding hydrogens is 196 g/mol. The lowest BCUT2D eigenvalue weighted by atomic mass is 9.97. The van der Waals surface area contributed by atoms with Crippen molar-refractivity contribution in [2.24, 2.45) is 5.92 Å². The maximum Gasteiger partial charge on any atom is 0.0125 e. The first-order valence-corrected chi connectivity index (χ1v) is 6.92. The molecule has 1 rings (SSSR count). The van der Waals surface area contributed by atoms with E-state index in [0.717, 1.165) is 12.0 Å². The fourth-order valence-electron chi connectivity index (χ4n) is 2.27. The summed E-state index contributed by atoms with van der Waals surface area (Å²) >= 11 is 0. The van der Waals surface area contributed by atoms with Crippen molar-refractivity contribution < 1.29 is 0 Å². The van der Waals surface area contributed by atoms with Gasteiger partial charge in [-0.05, 0) is 46.1 Å². The van der Waals surface area contributed by atoms with E-state index in [2.05, 4.69) is 44.8 Å². The summed E-state index contributed by atoms with van der Waals surface area (Å²) in [5.74, 6) is 0.820. The molecule has 0 aliphatic carbocycles. The van der Waals surface area contributed by atoms with Gasteiger partial charge in [-0.25, -0.2) is 0 Å². The number of nitrogens with one attached hydrogen (secondary N) is 1. The van der Waals surface area contributed by atoms with Crippen LogP contribution < -0.4 is 5.32 Å². The van der Waals surface area contributed by atoms with E-state index in [4.69, 9.17) is 0 Å². The maximum absolute atomic E-state index is 3.72. The van der Waals surface area contributed by atoms with Crippen LogP contribution >= 0.6 is 0 Å². The van der Waals surface area contributed by atoms with E-state index in [1.165, 1.54) is 38.9 Å². The largest absolute Gasteiger partial charge is 0.314 e. The van der Waals surface area contributed by atoms with Crippen molar-refractivity contribution in [1.29, 1.82) is 0 Å². The first kappa shape index (κ1) is 14.0. The Morgan fingerprint density at radius 1 is 1.25 bits per heavy atom. The van der Waals surface area contributed by atoms with Crippen LogP contribution in [0, 0.1) is 5.92 Å². The molecule has 0 bridgehead atoms. The van der Waals surface area contributed by atoms with Gasteiger partial charge >= 0.3 is 0 Å². The molecule has 0 radical (unpaired) electrons. The Balaban J connectivity index is 2.22. The third-order valence-corrected chi connectivity index (χ3v) is 3.90. The second-order valence-corrected chi connectivity index (χ2v) is 6.35. The van der Waals surface area contributed by atoms with Crippen LogP contribution in [-0.4, -0.2) is 36.1 Å². The highest BCUT2D eigenvalue weighted by Crippen LogP contribution is 2.20. The van der Waals surface area contributed by atoms with Crippen LogP contribution in [0.2, 0.25) is 0 Å². The standard InChI is InChI=1S/C14H30N2/c1-6-12(2)11-15-13-7-9-16(10-8-13)14(3,4)5/h12-13,15H,6-11H2,1-5H3. The van der Waals surface area contributed by atoms with E-state index in [1.54, 1.807) is 0 Å². The summed E-state index contributed by atoms with van der Waals surface area (Å²) in [6, 6.07) is 0.757. The van der Waals surface area contributed by atoms with Gasteiger partial charge in [-0.15, -0.1) is 0 Å². The van der Waals surface area contributed by atoms with Gasteiger partial charge in [0.2, 0.25) is 0 Å². The van der Waals surface area contributed by atoms with Crippen molar-refractivity contribution in [3.8, 4) is 0 Å².